The van der Waals surface area contributed by atoms with Crippen LogP contribution in [0.5, 0.6) is 0 Å². The maximum absolute atomic E-state index is 11.6. The van der Waals surface area contributed by atoms with Gasteiger partial charge in [-0.05, 0) is 29.3 Å². The number of hydrogen-bond donors (Lipinski definition) is 0. The summed E-state index contributed by atoms with van der Waals surface area (Å²) in [6.45, 7) is 2.13. The molecule has 1 heterocycles. The zero-order valence-electron chi connectivity index (χ0n) is 11.7. The van der Waals surface area contributed by atoms with Crippen molar-refractivity contribution in [3.8, 4) is 11.1 Å². The van der Waals surface area contributed by atoms with E-state index >= 15 is 0 Å². The minimum Gasteiger partial charge on any atom is -0.461 e. The highest BCUT2D eigenvalue weighted by Crippen LogP contribution is 2.28. The Hall–Kier alpha value is -2.68. The first-order valence-corrected chi connectivity index (χ1v) is 6.91. The number of carbonyl (C=O) groups excluding carboxylic acids is 1. The lowest BCUT2D eigenvalue weighted by molar-refractivity contribution is 0.0519. The molecule has 3 nitrogen and oxygen atoms in total. The molecule has 0 spiro atoms. The molecule has 0 saturated heterocycles. The number of fused-ring (bicyclic) bond motifs is 1. The monoisotopic (exact) mass is 277 g/mol. The summed E-state index contributed by atoms with van der Waals surface area (Å²) in [4.78, 5) is 15.8. The lowest BCUT2D eigenvalue weighted by atomic mass is 9.99. The molecule has 1 aromatic heterocycles. The van der Waals surface area contributed by atoms with E-state index in [0.29, 0.717) is 12.3 Å². The Balaban J connectivity index is 2.02. The van der Waals surface area contributed by atoms with Gasteiger partial charge in [0.15, 0.2) is 0 Å². The van der Waals surface area contributed by atoms with Crippen molar-refractivity contribution in [1.82, 2.24) is 4.98 Å². The van der Waals surface area contributed by atoms with Gasteiger partial charge in [0.25, 0.3) is 0 Å². The summed E-state index contributed by atoms with van der Waals surface area (Å²) in [5, 5.41) is 2.36. The number of esters is 1. The van der Waals surface area contributed by atoms with E-state index in [9.17, 15) is 4.79 Å². The predicted molar refractivity (Wildman–Crippen MR) is 83.1 cm³/mol. The fourth-order valence-electron chi connectivity index (χ4n) is 2.36. The van der Waals surface area contributed by atoms with Crippen LogP contribution in [-0.2, 0) is 4.74 Å². The molecule has 0 fully saturated rings. The SMILES string of the molecule is CCOC(=O)c1ccc(-c2cccc3ccccc23)cn1. The Kier molecular flexibility index (Phi) is 3.65. The van der Waals surface area contributed by atoms with E-state index in [1.165, 1.54) is 10.8 Å². The Morgan fingerprint density at radius 2 is 1.86 bits per heavy atom. The molecule has 21 heavy (non-hydrogen) atoms. The lowest BCUT2D eigenvalue weighted by Gasteiger charge is -2.07. The lowest BCUT2D eigenvalue weighted by Crippen LogP contribution is -2.06. The molecule has 0 aliphatic heterocycles. The zero-order chi connectivity index (χ0) is 14.7. The summed E-state index contributed by atoms with van der Waals surface area (Å²) in [5.74, 6) is -0.387. The van der Waals surface area contributed by atoms with Crippen LogP contribution in [0, 0.1) is 0 Å². The maximum atomic E-state index is 11.6. The minimum atomic E-state index is -0.387. The molecule has 3 heteroatoms. The molecule has 0 N–H and O–H groups in total. The second-order valence-electron chi connectivity index (χ2n) is 4.68. The number of rotatable bonds is 3. The number of aromatic nitrogens is 1. The molecule has 0 radical (unpaired) electrons. The van der Waals surface area contributed by atoms with Crippen LogP contribution < -0.4 is 0 Å². The van der Waals surface area contributed by atoms with Gasteiger partial charge in [-0.2, -0.15) is 0 Å². The average molecular weight is 277 g/mol. The highest BCUT2D eigenvalue weighted by atomic mass is 16.5. The fourth-order valence-corrected chi connectivity index (χ4v) is 2.36. The second kappa shape index (κ2) is 5.75. The third kappa shape index (κ3) is 2.63. The van der Waals surface area contributed by atoms with Gasteiger partial charge in [0.05, 0.1) is 6.61 Å². The van der Waals surface area contributed by atoms with Gasteiger partial charge < -0.3 is 4.74 Å². The number of pyridine rings is 1. The van der Waals surface area contributed by atoms with Crippen LogP contribution in [0.1, 0.15) is 17.4 Å². The number of carbonyl (C=O) groups is 1. The average Bonchev–Trinajstić information content (AvgIpc) is 2.55. The van der Waals surface area contributed by atoms with Gasteiger partial charge in [-0.25, -0.2) is 9.78 Å². The second-order valence-corrected chi connectivity index (χ2v) is 4.68. The van der Waals surface area contributed by atoms with E-state index in [0.717, 1.165) is 11.1 Å². The third-order valence-corrected chi connectivity index (χ3v) is 3.35. The van der Waals surface area contributed by atoms with Crippen molar-refractivity contribution in [2.75, 3.05) is 6.61 Å². The van der Waals surface area contributed by atoms with Crippen molar-refractivity contribution < 1.29 is 9.53 Å². The van der Waals surface area contributed by atoms with E-state index < -0.39 is 0 Å². The van der Waals surface area contributed by atoms with E-state index in [-0.39, 0.29) is 5.97 Å². The maximum Gasteiger partial charge on any atom is 0.356 e. The smallest absolute Gasteiger partial charge is 0.356 e. The summed E-state index contributed by atoms with van der Waals surface area (Å²) in [5.41, 5.74) is 2.43. The molecule has 0 atom stereocenters. The van der Waals surface area contributed by atoms with E-state index in [1.54, 1.807) is 19.2 Å². The van der Waals surface area contributed by atoms with Crippen LogP contribution in [0.15, 0.2) is 60.8 Å². The molecular weight excluding hydrogens is 262 g/mol. The normalized spacial score (nSPS) is 10.5. The van der Waals surface area contributed by atoms with E-state index in [4.69, 9.17) is 4.74 Å². The largest absolute Gasteiger partial charge is 0.461 e. The van der Waals surface area contributed by atoms with Gasteiger partial charge in [-0.15, -0.1) is 0 Å². The van der Waals surface area contributed by atoms with Crippen molar-refractivity contribution in [1.29, 1.82) is 0 Å². The number of ether oxygens (including phenoxy) is 1. The van der Waals surface area contributed by atoms with E-state index in [1.807, 2.05) is 24.3 Å². The molecule has 3 rings (SSSR count). The molecule has 0 bridgehead atoms. The highest BCUT2D eigenvalue weighted by molar-refractivity contribution is 5.96. The van der Waals surface area contributed by atoms with Crippen LogP contribution in [0.4, 0.5) is 0 Å². The first kappa shape index (κ1) is 13.3. The quantitative estimate of drug-likeness (QED) is 0.677. The van der Waals surface area contributed by atoms with Crippen LogP contribution in [0.25, 0.3) is 21.9 Å². The van der Waals surface area contributed by atoms with Gasteiger partial charge in [-0.1, -0.05) is 48.5 Å². The molecule has 104 valence electrons. The van der Waals surface area contributed by atoms with Crippen molar-refractivity contribution in [2.45, 2.75) is 6.92 Å². The number of hydrogen-bond acceptors (Lipinski definition) is 3. The predicted octanol–water partition coefficient (Wildman–Crippen LogP) is 4.08. The summed E-state index contributed by atoms with van der Waals surface area (Å²) < 4.78 is 4.94. The standard InChI is InChI=1S/C18H15NO2/c1-2-21-18(20)17-11-10-14(12-19-17)16-9-5-7-13-6-3-4-8-15(13)16/h3-12H,2H2,1H3. The van der Waals surface area contributed by atoms with Crippen molar-refractivity contribution >= 4 is 16.7 Å². The Bertz CT molecular complexity index is 773. The van der Waals surface area contributed by atoms with Crippen molar-refractivity contribution in [3.05, 3.63) is 66.5 Å². The molecule has 3 aromatic rings. The molecule has 0 unspecified atom stereocenters. The van der Waals surface area contributed by atoms with Crippen LogP contribution in [-0.4, -0.2) is 17.6 Å². The molecule has 0 amide bonds. The van der Waals surface area contributed by atoms with Crippen LogP contribution in [0.3, 0.4) is 0 Å². The van der Waals surface area contributed by atoms with Crippen molar-refractivity contribution in [3.63, 3.8) is 0 Å². The minimum absolute atomic E-state index is 0.334. The van der Waals surface area contributed by atoms with Crippen LogP contribution in [0.2, 0.25) is 0 Å². The van der Waals surface area contributed by atoms with Gasteiger partial charge in [0.1, 0.15) is 5.69 Å². The van der Waals surface area contributed by atoms with Gasteiger partial charge in [0, 0.05) is 11.8 Å². The zero-order valence-corrected chi connectivity index (χ0v) is 11.7. The highest BCUT2D eigenvalue weighted by Gasteiger charge is 2.09. The third-order valence-electron chi connectivity index (χ3n) is 3.35. The molecular formula is C18H15NO2. The summed E-state index contributed by atoms with van der Waals surface area (Å²) in [7, 11) is 0. The Morgan fingerprint density at radius 3 is 2.62 bits per heavy atom. The Labute approximate surface area is 123 Å². The molecule has 0 saturated carbocycles. The Morgan fingerprint density at radius 1 is 1.05 bits per heavy atom. The first-order chi connectivity index (χ1) is 10.3. The topological polar surface area (TPSA) is 39.2 Å². The number of benzene rings is 2. The summed E-state index contributed by atoms with van der Waals surface area (Å²) >= 11 is 0. The number of nitrogens with zero attached hydrogens (tertiary/aromatic N) is 1. The van der Waals surface area contributed by atoms with Gasteiger partial charge in [0.2, 0.25) is 0 Å². The summed E-state index contributed by atoms with van der Waals surface area (Å²) in [6, 6.07) is 18.0. The van der Waals surface area contributed by atoms with E-state index in [2.05, 4.69) is 29.2 Å². The first-order valence-electron chi connectivity index (χ1n) is 6.91. The van der Waals surface area contributed by atoms with Gasteiger partial charge >= 0.3 is 5.97 Å². The summed E-state index contributed by atoms with van der Waals surface area (Å²) in [6.07, 6.45) is 1.72. The molecule has 0 aliphatic rings. The molecule has 2 aromatic carbocycles. The van der Waals surface area contributed by atoms with Crippen LogP contribution >= 0.6 is 0 Å². The van der Waals surface area contributed by atoms with Gasteiger partial charge in [-0.3, -0.25) is 0 Å². The fraction of sp³-hybridized carbons (Fsp3) is 0.111. The van der Waals surface area contributed by atoms with Crippen molar-refractivity contribution in [2.24, 2.45) is 0 Å². The molecule has 0 aliphatic carbocycles.